The van der Waals surface area contributed by atoms with Crippen LogP contribution in [0.15, 0.2) is 24.3 Å². The fraction of sp³-hybridized carbons (Fsp3) is 0.200. The van der Waals surface area contributed by atoms with E-state index in [4.69, 9.17) is 10.5 Å². The lowest BCUT2D eigenvalue weighted by molar-refractivity contribution is -0.384. The Morgan fingerprint density at radius 1 is 1.44 bits per heavy atom. The zero-order chi connectivity index (χ0) is 13.5. The van der Waals surface area contributed by atoms with Gasteiger partial charge in [0, 0.05) is 6.07 Å². The number of primary amides is 1. The molecule has 0 atom stereocenters. The summed E-state index contributed by atoms with van der Waals surface area (Å²) >= 11 is 0. The number of rotatable bonds is 6. The second kappa shape index (κ2) is 6.18. The Morgan fingerprint density at radius 2 is 2.17 bits per heavy atom. The summed E-state index contributed by atoms with van der Waals surface area (Å²) in [6.45, 7) is -0.633. The van der Waals surface area contributed by atoms with Gasteiger partial charge in [0.15, 0.2) is 6.61 Å². The number of nitrogens with zero attached hydrogens (tertiary/aromatic N) is 1. The van der Waals surface area contributed by atoms with Crippen molar-refractivity contribution in [2.24, 2.45) is 5.73 Å². The van der Waals surface area contributed by atoms with Crippen LogP contribution in [0.3, 0.4) is 0 Å². The molecule has 0 aromatic heterocycles. The Balaban J connectivity index is 2.48. The number of nitro benzene ring substituents is 1. The van der Waals surface area contributed by atoms with Crippen molar-refractivity contribution >= 4 is 17.5 Å². The molecule has 8 heteroatoms. The van der Waals surface area contributed by atoms with Crippen molar-refractivity contribution in [3.63, 3.8) is 0 Å². The van der Waals surface area contributed by atoms with Crippen LogP contribution in [0.2, 0.25) is 0 Å². The van der Waals surface area contributed by atoms with Crippen LogP contribution < -0.4 is 15.8 Å². The second-order valence-electron chi connectivity index (χ2n) is 3.29. The van der Waals surface area contributed by atoms with Crippen LogP contribution in [0.1, 0.15) is 0 Å². The van der Waals surface area contributed by atoms with Gasteiger partial charge in [-0.1, -0.05) is 6.07 Å². The predicted octanol–water partition coefficient (Wildman–Crippen LogP) is -0.425. The van der Waals surface area contributed by atoms with Crippen molar-refractivity contribution in [3.8, 4) is 5.75 Å². The van der Waals surface area contributed by atoms with E-state index in [0.717, 1.165) is 0 Å². The van der Waals surface area contributed by atoms with E-state index in [9.17, 15) is 19.7 Å². The quantitative estimate of drug-likeness (QED) is 0.526. The lowest BCUT2D eigenvalue weighted by Gasteiger charge is -2.05. The number of carbonyl (C=O) groups is 2. The number of nitro groups is 1. The van der Waals surface area contributed by atoms with Gasteiger partial charge in [0.05, 0.1) is 17.5 Å². The van der Waals surface area contributed by atoms with E-state index >= 15 is 0 Å². The Labute approximate surface area is 102 Å². The maximum absolute atomic E-state index is 11.2. The van der Waals surface area contributed by atoms with Crippen molar-refractivity contribution in [2.75, 3.05) is 13.2 Å². The lowest BCUT2D eigenvalue weighted by Crippen LogP contribution is -2.36. The fourth-order valence-corrected chi connectivity index (χ4v) is 1.07. The van der Waals surface area contributed by atoms with Gasteiger partial charge in [0.1, 0.15) is 5.75 Å². The van der Waals surface area contributed by atoms with Gasteiger partial charge in [-0.25, -0.2) is 0 Å². The second-order valence-corrected chi connectivity index (χ2v) is 3.29. The summed E-state index contributed by atoms with van der Waals surface area (Å²) in [6, 6.07) is 5.42. The molecular weight excluding hydrogens is 242 g/mol. The summed E-state index contributed by atoms with van der Waals surface area (Å²) < 4.78 is 5.02. The average molecular weight is 253 g/mol. The number of hydrogen-bond donors (Lipinski definition) is 2. The van der Waals surface area contributed by atoms with Crippen molar-refractivity contribution in [2.45, 2.75) is 0 Å². The fourth-order valence-electron chi connectivity index (χ4n) is 1.07. The number of non-ortho nitro benzene ring substituents is 1. The van der Waals surface area contributed by atoms with Gasteiger partial charge in [-0.05, 0) is 6.07 Å². The maximum atomic E-state index is 11.2. The van der Waals surface area contributed by atoms with Gasteiger partial charge in [0.2, 0.25) is 5.91 Å². The first kappa shape index (κ1) is 13.4. The highest BCUT2D eigenvalue weighted by atomic mass is 16.6. The third-order valence-corrected chi connectivity index (χ3v) is 1.86. The van der Waals surface area contributed by atoms with Crippen LogP contribution in [0.4, 0.5) is 5.69 Å². The first-order valence-electron chi connectivity index (χ1n) is 4.91. The first-order chi connectivity index (χ1) is 8.49. The Kier molecular flexibility index (Phi) is 4.61. The summed E-state index contributed by atoms with van der Waals surface area (Å²) in [5.41, 5.74) is 4.70. The molecule has 8 nitrogen and oxygen atoms in total. The van der Waals surface area contributed by atoms with Gasteiger partial charge >= 0.3 is 0 Å². The summed E-state index contributed by atoms with van der Waals surface area (Å²) in [6.07, 6.45) is 0. The van der Waals surface area contributed by atoms with E-state index in [-0.39, 0.29) is 24.6 Å². The Hall–Kier alpha value is -2.64. The third-order valence-electron chi connectivity index (χ3n) is 1.86. The Morgan fingerprint density at radius 3 is 2.78 bits per heavy atom. The summed E-state index contributed by atoms with van der Waals surface area (Å²) in [7, 11) is 0. The van der Waals surface area contributed by atoms with Crippen LogP contribution in [0, 0.1) is 10.1 Å². The lowest BCUT2D eigenvalue weighted by atomic mass is 10.3. The molecule has 0 saturated heterocycles. The van der Waals surface area contributed by atoms with Gasteiger partial charge in [-0.3, -0.25) is 19.7 Å². The third kappa shape index (κ3) is 4.47. The smallest absolute Gasteiger partial charge is 0.273 e. The van der Waals surface area contributed by atoms with Gasteiger partial charge < -0.3 is 15.8 Å². The zero-order valence-electron chi connectivity index (χ0n) is 9.29. The number of ether oxygens (including phenoxy) is 1. The minimum Gasteiger partial charge on any atom is -0.484 e. The standard InChI is InChI=1S/C10H11N3O5/c11-9(14)5-12-10(15)6-18-8-3-1-2-7(4-8)13(16)17/h1-4H,5-6H2,(H2,11,14)(H,12,15). The number of amides is 2. The number of nitrogens with one attached hydrogen (secondary N) is 1. The monoisotopic (exact) mass is 253 g/mol. The minimum absolute atomic E-state index is 0.134. The highest BCUT2D eigenvalue weighted by molar-refractivity contribution is 5.84. The molecule has 0 bridgehead atoms. The van der Waals surface area contributed by atoms with Crippen LogP contribution in [0.25, 0.3) is 0 Å². The Bertz CT molecular complexity index is 474. The molecule has 0 unspecified atom stereocenters. The molecule has 1 aromatic rings. The highest BCUT2D eigenvalue weighted by Gasteiger charge is 2.08. The van der Waals surface area contributed by atoms with Gasteiger partial charge in [0.25, 0.3) is 11.6 Å². The van der Waals surface area contributed by atoms with Crippen molar-refractivity contribution < 1.29 is 19.2 Å². The maximum Gasteiger partial charge on any atom is 0.273 e. The molecule has 0 saturated carbocycles. The first-order valence-corrected chi connectivity index (χ1v) is 4.91. The minimum atomic E-state index is -0.668. The topological polar surface area (TPSA) is 125 Å². The predicted molar refractivity (Wildman–Crippen MR) is 60.8 cm³/mol. The molecule has 0 radical (unpaired) electrons. The molecule has 1 aromatic carbocycles. The number of nitrogens with two attached hydrogens (primary N) is 1. The van der Waals surface area contributed by atoms with Gasteiger partial charge in [-0.15, -0.1) is 0 Å². The molecule has 0 aliphatic rings. The summed E-state index contributed by atoms with van der Waals surface area (Å²) in [5, 5.41) is 12.7. The van der Waals surface area contributed by atoms with E-state index in [1.807, 2.05) is 0 Å². The number of hydrogen-bond acceptors (Lipinski definition) is 5. The largest absolute Gasteiger partial charge is 0.484 e. The molecule has 0 aliphatic heterocycles. The van der Waals surface area contributed by atoms with Crippen LogP contribution in [-0.2, 0) is 9.59 Å². The van der Waals surface area contributed by atoms with Crippen LogP contribution in [-0.4, -0.2) is 29.9 Å². The highest BCUT2D eigenvalue weighted by Crippen LogP contribution is 2.18. The molecule has 1 rings (SSSR count). The molecular formula is C10H11N3O5. The molecule has 0 fully saturated rings. The molecule has 18 heavy (non-hydrogen) atoms. The molecule has 2 amide bonds. The van der Waals surface area contributed by atoms with E-state index < -0.39 is 16.7 Å². The molecule has 0 aliphatic carbocycles. The SMILES string of the molecule is NC(=O)CNC(=O)COc1cccc([N+](=O)[O-])c1. The van der Waals surface area contributed by atoms with Crippen molar-refractivity contribution in [1.29, 1.82) is 0 Å². The normalized spacial score (nSPS) is 9.56. The van der Waals surface area contributed by atoms with E-state index in [1.54, 1.807) is 0 Å². The molecule has 3 N–H and O–H groups in total. The molecule has 0 spiro atoms. The molecule has 0 heterocycles. The summed E-state index contributed by atoms with van der Waals surface area (Å²) in [5.74, 6) is -1.02. The van der Waals surface area contributed by atoms with Gasteiger partial charge in [-0.2, -0.15) is 0 Å². The van der Waals surface area contributed by atoms with Crippen LogP contribution >= 0.6 is 0 Å². The van der Waals surface area contributed by atoms with E-state index in [2.05, 4.69) is 5.32 Å². The number of carbonyl (C=O) groups excluding carboxylic acids is 2. The van der Waals surface area contributed by atoms with E-state index in [0.29, 0.717) is 0 Å². The number of benzene rings is 1. The van der Waals surface area contributed by atoms with Crippen LogP contribution in [0.5, 0.6) is 5.75 Å². The van der Waals surface area contributed by atoms with Crippen molar-refractivity contribution in [1.82, 2.24) is 5.32 Å². The zero-order valence-corrected chi connectivity index (χ0v) is 9.29. The average Bonchev–Trinajstić information content (AvgIpc) is 2.34. The molecule has 96 valence electrons. The summed E-state index contributed by atoms with van der Waals surface area (Å²) in [4.78, 5) is 31.5. The van der Waals surface area contributed by atoms with Crippen molar-refractivity contribution in [3.05, 3.63) is 34.4 Å². The van der Waals surface area contributed by atoms with E-state index in [1.165, 1.54) is 24.3 Å².